The van der Waals surface area contributed by atoms with Crippen LogP contribution in [0.3, 0.4) is 0 Å². The van der Waals surface area contributed by atoms with Gasteiger partial charge in [-0.25, -0.2) is 0 Å². The monoisotopic (exact) mass is 352 g/mol. The van der Waals surface area contributed by atoms with Crippen LogP contribution in [0, 0.1) is 10.1 Å². The highest BCUT2D eigenvalue weighted by Crippen LogP contribution is 2.32. The Morgan fingerprint density at radius 3 is 2.92 bits per heavy atom. The van der Waals surface area contributed by atoms with Crippen molar-refractivity contribution < 1.29 is 14.5 Å². The Balaban J connectivity index is 1.76. The molecule has 8 heteroatoms. The third kappa shape index (κ3) is 2.55. The fourth-order valence-corrected chi connectivity index (χ4v) is 3.32. The van der Waals surface area contributed by atoms with Crippen LogP contribution in [0.5, 0.6) is 5.75 Å². The molecule has 1 aromatic heterocycles. The van der Waals surface area contributed by atoms with E-state index >= 15 is 0 Å². The second-order valence-electron chi connectivity index (χ2n) is 6.11. The summed E-state index contributed by atoms with van der Waals surface area (Å²) in [5, 5.41) is 18.4. The number of benzene rings is 2. The van der Waals surface area contributed by atoms with E-state index in [0.717, 1.165) is 29.8 Å². The number of rotatable bonds is 3. The summed E-state index contributed by atoms with van der Waals surface area (Å²) in [5.41, 5.74) is 2.56. The lowest BCUT2D eigenvalue weighted by Crippen LogP contribution is -2.35. The normalized spacial score (nSPS) is 13.5. The molecule has 132 valence electrons. The van der Waals surface area contributed by atoms with Crippen LogP contribution in [0.1, 0.15) is 22.5 Å². The highest BCUT2D eigenvalue weighted by molar-refractivity contribution is 6.13. The number of methoxy groups -OCH3 is 1. The van der Waals surface area contributed by atoms with Gasteiger partial charge in [-0.05, 0) is 42.7 Å². The molecule has 1 aliphatic rings. The van der Waals surface area contributed by atoms with Gasteiger partial charge in [0.15, 0.2) is 5.69 Å². The second-order valence-corrected chi connectivity index (χ2v) is 6.11. The number of hydrogen-bond donors (Lipinski definition) is 1. The van der Waals surface area contributed by atoms with Gasteiger partial charge in [-0.2, -0.15) is 5.10 Å². The van der Waals surface area contributed by atoms with Crippen LogP contribution in [0.25, 0.3) is 10.9 Å². The molecule has 0 radical (unpaired) electrons. The van der Waals surface area contributed by atoms with Crippen LogP contribution in [-0.4, -0.2) is 34.7 Å². The highest BCUT2D eigenvalue weighted by atomic mass is 16.6. The Kier molecular flexibility index (Phi) is 3.80. The van der Waals surface area contributed by atoms with Gasteiger partial charge >= 0.3 is 0 Å². The second kappa shape index (κ2) is 6.14. The third-order valence-corrected chi connectivity index (χ3v) is 4.61. The molecule has 2 heterocycles. The van der Waals surface area contributed by atoms with Crippen molar-refractivity contribution in [2.75, 3.05) is 18.6 Å². The molecule has 0 spiro atoms. The number of non-ortho nitro benzene ring substituents is 1. The molecule has 4 rings (SSSR count). The number of nitro groups is 1. The van der Waals surface area contributed by atoms with E-state index in [1.54, 1.807) is 18.1 Å². The summed E-state index contributed by atoms with van der Waals surface area (Å²) in [6.45, 7) is 0.571. The molecule has 1 N–H and O–H groups in total. The lowest BCUT2D eigenvalue weighted by Gasteiger charge is -2.29. The molecular formula is C18H16N4O4. The highest BCUT2D eigenvalue weighted by Gasteiger charge is 2.27. The zero-order valence-corrected chi connectivity index (χ0v) is 14.1. The maximum atomic E-state index is 13.1. The lowest BCUT2D eigenvalue weighted by molar-refractivity contribution is -0.384. The number of carbonyl (C=O) groups excluding carboxylic acids is 1. The molecule has 3 aromatic rings. The van der Waals surface area contributed by atoms with Gasteiger partial charge in [0, 0.05) is 29.8 Å². The quantitative estimate of drug-likeness (QED) is 0.576. The van der Waals surface area contributed by atoms with E-state index in [4.69, 9.17) is 4.74 Å². The number of anilines is 1. The summed E-state index contributed by atoms with van der Waals surface area (Å²) >= 11 is 0. The molecule has 2 aromatic carbocycles. The lowest BCUT2D eigenvalue weighted by atomic mass is 10.0. The number of nitrogens with zero attached hydrogens (tertiary/aromatic N) is 3. The number of hydrogen-bond acceptors (Lipinski definition) is 5. The SMILES string of the molecule is COc1ccc2c(c1)CCCN2C(=O)c1n[nH]c2ccc([N+](=O)[O-])cc12. The van der Waals surface area contributed by atoms with Crippen LogP contribution < -0.4 is 9.64 Å². The summed E-state index contributed by atoms with van der Waals surface area (Å²) in [6.07, 6.45) is 1.69. The number of carbonyl (C=O) groups is 1. The van der Waals surface area contributed by atoms with Crippen molar-refractivity contribution in [2.24, 2.45) is 0 Å². The Labute approximate surface area is 148 Å². The fraction of sp³-hybridized carbons (Fsp3) is 0.222. The predicted molar refractivity (Wildman–Crippen MR) is 95.7 cm³/mol. The molecule has 8 nitrogen and oxygen atoms in total. The average molecular weight is 352 g/mol. The molecule has 26 heavy (non-hydrogen) atoms. The van der Waals surface area contributed by atoms with Crippen molar-refractivity contribution in [1.29, 1.82) is 0 Å². The number of aromatic amines is 1. The summed E-state index contributed by atoms with van der Waals surface area (Å²) in [5.74, 6) is 0.474. The number of amides is 1. The number of aryl methyl sites for hydroxylation is 1. The van der Waals surface area contributed by atoms with Gasteiger partial charge in [-0.3, -0.25) is 20.0 Å². The van der Waals surface area contributed by atoms with Gasteiger partial charge in [0.1, 0.15) is 5.75 Å². The maximum Gasteiger partial charge on any atom is 0.279 e. The van der Waals surface area contributed by atoms with Crippen molar-refractivity contribution in [2.45, 2.75) is 12.8 Å². The zero-order valence-electron chi connectivity index (χ0n) is 14.1. The van der Waals surface area contributed by atoms with Crippen molar-refractivity contribution in [3.63, 3.8) is 0 Å². The average Bonchev–Trinajstić information content (AvgIpc) is 3.09. The maximum absolute atomic E-state index is 13.1. The summed E-state index contributed by atoms with van der Waals surface area (Å²) in [7, 11) is 1.61. The van der Waals surface area contributed by atoms with Gasteiger partial charge in [0.2, 0.25) is 0 Å². The van der Waals surface area contributed by atoms with E-state index in [1.165, 1.54) is 12.1 Å². The first-order chi connectivity index (χ1) is 12.6. The molecule has 0 atom stereocenters. The first-order valence-corrected chi connectivity index (χ1v) is 8.20. The summed E-state index contributed by atoms with van der Waals surface area (Å²) < 4.78 is 5.26. The number of aromatic nitrogens is 2. The Morgan fingerprint density at radius 1 is 1.31 bits per heavy atom. The minimum absolute atomic E-state index is 0.0725. The number of nitrogens with one attached hydrogen (secondary N) is 1. The van der Waals surface area contributed by atoms with Crippen LogP contribution in [-0.2, 0) is 6.42 Å². The van der Waals surface area contributed by atoms with Crippen LogP contribution in [0.2, 0.25) is 0 Å². The first kappa shape index (κ1) is 16.1. The van der Waals surface area contributed by atoms with Gasteiger partial charge in [-0.15, -0.1) is 0 Å². The van der Waals surface area contributed by atoms with E-state index in [-0.39, 0.29) is 17.3 Å². The topological polar surface area (TPSA) is 101 Å². The molecule has 0 bridgehead atoms. The van der Waals surface area contributed by atoms with E-state index < -0.39 is 4.92 Å². The Morgan fingerprint density at radius 2 is 2.15 bits per heavy atom. The smallest absolute Gasteiger partial charge is 0.279 e. The minimum atomic E-state index is -0.483. The fourth-order valence-electron chi connectivity index (χ4n) is 3.32. The molecule has 0 fully saturated rings. The van der Waals surface area contributed by atoms with Crippen molar-refractivity contribution in [3.05, 3.63) is 57.8 Å². The van der Waals surface area contributed by atoms with Crippen molar-refractivity contribution in [1.82, 2.24) is 10.2 Å². The van der Waals surface area contributed by atoms with E-state index in [2.05, 4.69) is 10.2 Å². The largest absolute Gasteiger partial charge is 0.497 e. The van der Waals surface area contributed by atoms with Gasteiger partial charge < -0.3 is 9.64 Å². The molecule has 1 aliphatic heterocycles. The van der Waals surface area contributed by atoms with Crippen LogP contribution >= 0.6 is 0 Å². The molecule has 0 saturated carbocycles. The Bertz CT molecular complexity index is 1030. The Hall–Kier alpha value is -3.42. The van der Waals surface area contributed by atoms with Crippen molar-refractivity contribution in [3.8, 4) is 5.75 Å². The number of nitro benzene ring substituents is 1. The van der Waals surface area contributed by atoms with Crippen molar-refractivity contribution >= 4 is 28.2 Å². The molecular weight excluding hydrogens is 336 g/mol. The molecule has 0 unspecified atom stereocenters. The van der Waals surface area contributed by atoms with E-state index in [1.807, 2.05) is 18.2 Å². The van der Waals surface area contributed by atoms with Gasteiger partial charge in [0.05, 0.1) is 17.5 Å². The standard InChI is InChI=1S/C18H16N4O4/c1-26-13-5-7-16-11(9-13)3-2-8-21(16)18(23)17-14-10-12(22(24)25)4-6-15(14)19-20-17/h4-7,9-10H,2-3,8H2,1H3,(H,19,20). The molecule has 0 saturated heterocycles. The number of fused-ring (bicyclic) bond motifs is 2. The number of ether oxygens (including phenoxy) is 1. The van der Waals surface area contributed by atoms with Crippen LogP contribution in [0.4, 0.5) is 11.4 Å². The first-order valence-electron chi connectivity index (χ1n) is 8.20. The van der Waals surface area contributed by atoms with Gasteiger partial charge in [0.25, 0.3) is 11.6 Å². The minimum Gasteiger partial charge on any atom is -0.497 e. The van der Waals surface area contributed by atoms with Crippen LogP contribution in [0.15, 0.2) is 36.4 Å². The van der Waals surface area contributed by atoms with E-state index in [0.29, 0.717) is 17.4 Å². The van der Waals surface area contributed by atoms with Gasteiger partial charge in [-0.1, -0.05) is 0 Å². The molecule has 1 amide bonds. The predicted octanol–water partition coefficient (Wildman–Crippen LogP) is 3.07. The molecule has 0 aliphatic carbocycles. The zero-order chi connectivity index (χ0) is 18.3. The third-order valence-electron chi connectivity index (χ3n) is 4.61. The number of H-pyrrole nitrogens is 1. The summed E-state index contributed by atoms with van der Waals surface area (Å²) in [6, 6.07) is 9.94. The van der Waals surface area contributed by atoms with E-state index in [9.17, 15) is 14.9 Å². The summed E-state index contributed by atoms with van der Waals surface area (Å²) in [4.78, 5) is 25.3.